The molecular weight excluding hydrogens is 324 g/mol. The smallest absolute Gasteiger partial charge is 0.315 e. The highest BCUT2D eigenvalue weighted by Crippen LogP contribution is 2.29. The molecule has 0 bridgehead atoms. The average molecular weight is 344 g/mol. The van der Waals surface area contributed by atoms with Crippen molar-refractivity contribution >= 4 is 23.8 Å². The van der Waals surface area contributed by atoms with Crippen molar-refractivity contribution in [2.24, 2.45) is 0 Å². The fraction of sp³-hybridized carbons (Fsp3) is 0.412. The third kappa shape index (κ3) is 3.33. The Hall–Kier alpha value is -2.90. The standard InChI is InChI=1S/C17H20N4O4/c1-2-18-17(25)19-8-10-4-3-5-11-12(10)9-21(16(11)24)13-6-7-14(22)20-15(13)23/h3-5,13H,2,6-9H2,1H3,(H2,18,19,25)(H,20,22,23). The Morgan fingerprint density at radius 2 is 2.08 bits per heavy atom. The quantitative estimate of drug-likeness (QED) is 0.681. The number of hydrogen-bond donors (Lipinski definition) is 3. The van der Waals surface area contributed by atoms with Crippen molar-refractivity contribution < 1.29 is 19.2 Å². The van der Waals surface area contributed by atoms with Crippen molar-refractivity contribution in [3.8, 4) is 0 Å². The van der Waals surface area contributed by atoms with Gasteiger partial charge in [-0.3, -0.25) is 19.7 Å². The molecule has 2 heterocycles. The zero-order valence-electron chi connectivity index (χ0n) is 13.9. The van der Waals surface area contributed by atoms with Crippen molar-refractivity contribution in [3.05, 3.63) is 34.9 Å². The maximum atomic E-state index is 12.7. The number of fused-ring (bicyclic) bond motifs is 1. The molecule has 8 heteroatoms. The molecule has 0 aliphatic carbocycles. The molecule has 132 valence electrons. The van der Waals surface area contributed by atoms with Crippen LogP contribution < -0.4 is 16.0 Å². The summed E-state index contributed by atoms with van der Waals surface area (Å²) in [6.45, 7) is 2.95. The molecule has 1 fully saturated rings. The van der Waals surface area contributed by atoms with Gasteiger partial charge in [-0.05, 0) is 30.5 Å². The molecule has 3 rings (SSSR count). The topological polar surface area (TPSA) is 108 Å². The summed E-state index contributed by atoms with van der Waals surface area (Å²) in [5.74, 6) is -0.957. The van der Waals surface area contributed by atoms with E-state index in [1.807, 2.05) is 13.0 Å². The first-order valence-electron chi connectivity index (χ1n) is 8.28. The highest BCUT2D eigenvalue weighted by Gasteiger charge is 2.39. The van der Waals surface area contributed by atoms with Crippen LogP contribution in [0.15, 0.2) is 18.2 Å². The van der Waals surface area contributed by atoms with Crippen LogP contribution in [0.25, 0.3) is 0 Å². The van der Waals surface area contributed by atoms with Gasteiger partial charge in [0.25, 0.3) is 5.91 Å². The minimum atomic E-state index is -0.637. The van der Waals surface area contributed by atoms with E-state index in [0.29, 0.717) is 31.6 Å². The molecule has 1 atom stereocenters. The summed E-state index contributed by atoms with van der Waals surface area (Å²) in [6, 6.07) is 4.43. The number of urea groups is 1. The number of piperidine rings is 1. The molecule has 0 aromatic heterocycles. The van der Waals surface area contributed by atoms with Crippen molar-refractivity contribution in [1.82, 2.24) is 20.9 Å². The van der Waals surface area contributed by atoms with E-state index < -0.39 is 11.9 Å². The molecule has 0 saturated carbocycles. The number of benzene rings is 1. The van der Waals surface area contributed by atoms with Gasteiger partial charge in [-0.2, -0.15) is 0 Å². The summed E-state index contributed by atoms with van der Waals surface area (Å²) in [5.41, 5.74) is 2.20. The van der Waals surface area contributed by atoms with E-state index in [2.05, 4.69) is 16.0 Å². The lowest BCUT2D eigenvalue weighted by molar-refractivity contribution is -0.136. The Labute approximate surface area is 144 Å². The van der Waals surface area contributed by atoms with Crippen LogP contribution in [0.4, 0.5) is 4.79 Å². The number of hydrogen-bond acceptors (Lipinski definition) is 4. The second-order valence-corrected chi connectivity index (χ2v) is 6.06. The van der Waals surface area contributed by atoms with Gasteiger partial charge in [-0.15, -0.1) is 0 Å². The van der Waals surface area contributed by atoms with E-state index in [1.165, 1.54) is 4.90 Å². The highest BCUT2D eigenvalue weighted by atomic mass is 16.2. The third-order valence-corrected chi connectivity index (χ3v) is 4.46. The molecule has 1 aromatic rings. The van der Waals surface area contributed by atoms with Gasteiger partial charge in [0, 0.05) is 31.6 Å². The summed E-state index contributed by atoms with van der Waals surface area (Å²) in [6.07, 6.45) is 0.555. The summed E-state index contributed by atoms with van der Waals surface area (Å²) < 4.78 is 0. The van der Waals surface area contributed by atoms with Crippen molar-refractivity contribution in [2.75, 3.05) is 6.54 Å². The van der Waals surface area contributed by atoms with Crippen molar-refractivity contribution in [3.63, 3.8) is 0 Å². The number of rotatable bonds is 4. The highest BCUT2D eigenvalue weighted by molar-refractivity contribution is 6.05. The van der Waals surface area contributed by atoms with Gasteiger partial charge in [-0.25, -0.2) is 4.79 Å². The monoisotopic (exact) mass is 344 g/mol. The van der Waals surface area contributed by atoms with Gasteiger partial charge in [0.1, 0.15) is 6.04 Å². The van der Waals surface area contributed by atoms with E-state index in [1.54, 1.807) is 12.1 Å². The summed E-state index contributed by atoms with van der Waals surface area (Å²) >= 11 is 0. The minimum Gasteiger partial charge on any atom is -0.338 e. The van der Waals surface area contributed by atoms with Gasteiger partial charge < -0.3 is 15.5 Å². The van der Waals surface area contributed by atoms with Crippen LogP contribution in [-0.4, -0.2) is 41.2 Å². The SMILES string of the molecule is CCNC(=O)NCc1cccc2c1CN(C1CCC(=O)NC1=O)C2=O. The zero-order valence-corrected chi connectivity index (χ0v) is 13.9. The summed E-state index contributed by atoms with van der Waals surface area (Å²) in [4.78, 5) is 49.1. The lowest BCUT2D eigenvalue weighted by Gasteiger charge is -2.29. The Bertz CT molecular complexity index is 746. The molecule has 2 aliphatic rings. The Morgan fingerprint density at radius 1 is 1.28 bits per heavy atom. The van der Waals surface area contributed by atoms with Gasteiger partial charge in [-0.1, -0.05) is 12.1 Å². The number of nitrogens with one attached hydrogen (secondary N) is 3. The predicted molar refractivity (Wildman–Crippen MR) is 88.4 cm³/mol. The molecule has 1 unspecified atom stereocenters. The largest absolute Gasteiger partial charge is 0.338 e. The van der Waals surface area contributed by atoms with E-state index in [9.17, 15) is 19.2 Å². The lowest BCUT2D eigenvalue weighted by Crippen LogP contribution is -2.52. The number of carbonyl (C=O) groups excluding carboxylic acids is 4. The van der Waals surface area contributed by atoms with Crippen LogP contribution in [0.5, 0.6) is 0 Å². The molecule has 3 N–H and O–H groups in total. The molecule has 1 aromatic carbocycles. The minimum absolute atomic E-state index is 0.218. The van der Waals surface area contributed by atoms with Crippen molar-refractivity contribution in [2.45, 2.75) is 38.9 Å². The molecule has 8 nitrogen and oxygen atoms in total. The van der Waals surface area contributed by atoms with Crippen molar-refractivity contribution in [1.29, 1.82) is 0 Å². The van der Waals surface area contributed by atoms with Gasteiger partial charge in [0.05, 0.1) is 0 Å². The third-order valence-electron chi connectivity index (χ3n) is 4.46. The summed E-state index contributed by atoms with van der Waals surface area (Å²) in [5, 5.41) is 7.69. The Balaban J connectivity index is 1.77. The van der Waals surface area contributed by atoms with Crippen LogP contribution in [0, 0.1) is 0 Å². The van der Waals surface area contributed by atoms with E-state index >= 15 is 0 Å². The van der Waals surface area contributed by atoms with Gasteiger partial charge >= 0.3 is 6.03 Å². The molecule has 5 amide bonds. The van der Waals surface area contributed by atoms with Crippen LogP contribution >= 0.6 is 0 Å². The lowest BCUT2D eigenvalue weighted by atomic mass is 10.0. The second kappa shape index (κ2) is 6.92. The van der Waals surface area contributed by atoms with Crippen LogP contribution in [-0.2, 0) is 22.7 Å². The number of carbonyl (C=O) groups is 4. The Morgan fingerprint density at radius 3 is 2.80 bits per heavy atom. The first kappa shape index (κ1) is 16.9. The first-order valence-corrected chi connectivity index (χ1v) is 8.28. The Kier molecular flexibility index (Phi) is 4.69. The molecular formula is C17H20N4O4. The normalized spacial score (nSPS) is 19.5. The van der Waals surface area contributed by atoms with Crippen LogP contribution in [0.3, 0.4) is 0 Å². The maximum Gasteiger partial charge on any atom is 0.315 e. The second-order valence-electron chi connectivity index (χ2n) is 6.06. The molecule has 0 spiro atoms. The van der Waals surface area contributed by atoms with E-state index in [-0.39, 0.29) is 24.3 Å². The maximum absolute atomic E-state index is 12.7. The predicted octanol–water partition coefficient (Wildman–Crippen LogP) is 0.267. The van der Waals surface area contributed by atoms with E-state index in [0.717, 1.165) is 11.1 Å². The summed E-state index contributed by atoms with van der Waals surface area (Å²) in [7, 11) is 0. The fourth-order valence-electron chi connectivity index (χ4n) is 3.21. The molecule has 2 aliphatic heterocycles. The van der Waals surface area contributed by atoms with E-state index in [4.69, 9.17) is 0 Å². The van der Waals surface area contributed by atoms with Gasteiger partial charge in [0.2, 0.25) is 11.8 Å². The number of nitrogens with zero attached hydrogens (tertiary/aromatic N) is 1. The molecule has 1 saturated heterocycles. The van der Waals surface area contributed by atoms with Gasteiger partial charge in [0.15, 0.2) is 0 Å². The molecule has 25 heavy (non-hydrogen) atoms. The van der Waals surface area contributed by atoms with Crippen LogP contribution in [0.1, 0.15) is 41.3 Å². The molecule has 0 radical (unpaired) electrons. The first-order chi connectivity index (χ1) is 12.0. The zero-order chi connectivity index (χ0) is 18.0. The average Bonchev–Trinajstić information content (AvgIpc) is 2.91. The number of amides is 5. The van der Waals surface area contributed by atoms with Crippen LogP contribution in [0.2, 0.25) is 0 Å². The fourth-order valence-corrected chi connectivity index (χ4v) is 3.21. The number of imide groups is 1.